The molecule has 0 spiro atoms. The molecule has 0 fully saturated rings. The van der Waals surface area contributed by atoms with Crippen molar-refractivity contribution in [3.8, 4) is 11.5 Å². The molecule has 4 aromatic rings. The highest BCUT2D eigenvalue weighted by Gasteiger charge is 2.40. The molecular formula is C32H27N3O5S. The number of carbonyl (C=O) groups excluding carboxylic acids is 3. The highest BCUT2D eigenvalue weighted by Crippen LogP contribution is 2.39. The van der Waals surface area contributed by atoms with E-state index in [4.69, 9.17) is 9.47 Å². The standard InChI is InChI=1S/C32H27N3O5S/c1-20-10-12-22(13-11-20)33-28-29(32(38)35(31(28)37)24-14-16-25(39-2)17-15-24)41-27-9-5-7-23(19-27)34-30(36)21-6-4-8-26(18-21)40-3/h4-19,33H,1-3H3,(H,34,36). The van der Waals surface area contributed by atoms with Crippen LogP contribution in [0.25, 0.3) is 0 Å². The topological polar surface area (TPSA) is 97.0 Å². The third-order valence-electron chi connectivity index (χ3n) is 6.34. The Balaban J connectivity index is 1.44. The molecule has 1 heterocycles. The molecule has 8 nitrogen and oxygen atoms in total. The molecule has 1 aliphatic heterocycles. The van der Waals surface area contributed by atoms with Crippen LogP contribution in [-0.2, 0) is 9.59 Å². The molecule has 0 aliphatic carbocycles. The predicted octanol–water partition coefficient (Wildman–Crippen LogP) is 6.25. The summed E-state index contributed by atoms with van der Waals surface area (Å²) in [5.41, 5.74) is 3.34. The maximum absolute atomic E-state index is 13.7. The number of imide groups is 1. The van der Waals surface area contributed by atoms with Crippen LogP contribution in [0.15, 0.2) is 113 Å². The SMILES string of the molecule is COc1ccc(N2C(=O)C(Nc3ccc(C)cc3)=C(Sc3cccc(NC(=O)c4cccc(OC)c4)c3)C2=O)cc1. The molecule has 0 unspecified atom stereocenters. The van der Waals surface area contributed by atoms with Gasteiger partial charge < -0.3 is 20.1 Å². The zero-order valence-electron chi connectivity index (χ0n) is 22.6. The van der Waals surface area contributed by atoms with Crippen LogP contribution >= 0.6 is 11.8 Å². The number of anilines is 3. The van der Waals surface area contributed by atoms with Crippen LogP contribution in [0.1, 0.15) is 15.9 Å². The van der Waals surface area contributed by atoms with Gasteiger partial charge in [0.05, 0.1) is 19.9 Å². The van der Waals surface area contributed by atoms with Gasteiger partial charge in [-0.2, -0.15) is 0 Å². The monoisotopic (exact) mass is 565 g/mol. The fraction of sp³-hybridized carbons (Fsp3) is 0.0938. The van der Waals surface area contributed by atoms with E-state index < -0.39 is 11.8 Å². The van der Waals surface area contributed by atoms with Crippen molar-refractivity contribution in [3.05, 3.63) is 119 Å². The summed E-state index contributed by atoms with van der Waals surface area (Å²) in [6.45, 7) is 1.97. The van der Waals surface area contributed by atoms with Crippen molar-refractivity contribution in [2.45, 2.75) is 11.8 Å². The zero-order chi connectivity index (χ0) is 28.9. The number of aryl methyl sites for hydroxylation is 1. The summed E-state index contributed by atoms with van der Waals surface area (Å²) >= 11 is 1.15. The van der Waals surface area contributed by atoms with Gasteiger partial charge in [-0.15, -0.1) is 0 Å². The van der Waals surface area contributed by atoms with Crippen LogP contribution in [0, 0.1) is 6.92 Å². The van der Waals surface area contributed by atoms with Crippen molar-refractivity contribution in [3.63, 3.8) is 0 Å². The normalized spacial score (nSPS) is 12.9. The van der Waals surface area contributed by atoms with Gasteiger partial charge in [0.15, 0.2) is 0 Å². The van der Waals surface area contributed by atoms with Crippen LogP contribution in [0.3, 0.4) is 0 Å². The Morgan fingerprint density at radius 1 is 0.756 bits per heavy atom. The molecule has 4 aromatic carbocycles. The number of amides is 3. The van der Waals surface area contributed by atoms with Gasteiger partial charge in [-0.25, -0.2) is 4.90 Å². The van der Waals surface area contributed by atoms with Gasteiger partial charge in [-0.1, -0.05) is 41.6 Å². The molecule has 0 aromatic heterocycles. The van der Waals surface area contributed by atoms with Crippen LogP contribution in [0.4, 0.5) is 17.1 Å². The molecular weight excluding hydrogens is 538 g/mol. The molecule has 1 aliphatic rings. The van der Waals surface area contributed by atoms with E-state index in [2.05, 4.69) is 10.6 Å². The van der Waals surface area contributed by atoms with Crippen LogP contribution in [-0.4, -0.2) is 31.9 Å². The second-order valence-electron chi connectivity index (χ2n) is 9.15. The van der Waals surface area contributed by atoms with Gasteiger partial charge >= 0.3 is 0 Å². The van der Waals surface area contributed by atoms with E-state index in [1.165, 1.54) is 0 Å². The Labute approximate surface area is 242 Å². The van der Waals surface area contributed by atoms with E-state index >= 15 is 0 Å². The van der Waals surface area contributed by atoms with Gasteiger partial charge in [0.2, 0.25) is 0 Å². The first kappa shape index (κ1) is 27.5. The zero-order valence-corrected chi connectivity index (χ0v) is 23.5. The maximum Gasteiger partial charge on any atom is 0.283 e. The minimum atomic E-state index is -0.467. The lowest BCUT2D eigenvalue weighted by molar-refractivity contribution is -0.120. The lowest BCUT2D eigenvalue weighted by Gasteiger charge is -2.15. The van der Waals surface area contributed by atoms with Crippen molar-refractivity contribution in [2.24, 2.45) is 0 Å². The molecule has 206 valence electrons. The van der Waals surface area contributed by atoms with Crippen LogP contribution in [0.2, 0.25) is 0 Å². The van der Waals surface area contributed by atoms with Crippen LogP contribution < -0.4 is 25.0 Å². The fourth-order valence-electron chi connectivity index (χ4n) is 4.18. The molecule has 9 heteroatoms. The van der Waals surface area contributed by atoms with E-state index in [1.54, 1.807) is 80.9 Å². The highest BCUT2D eigenvalue weighted by molar-refractivity contribution is 8.04. The van der Waals surface area contributed by atoms with Gasteiger partial charge in [-0.05, 0) is 79.7 Å². The Morgan fingerprint density at radius 3 is 2.17 bits per heavy atom. The number of methoxy groups -OCH3 is 2. The predicted molar refractivity (Wildman–Crippen MR) is 161 cm³/mol. The number of hydrogen-bond acceptors (Lipinski definition) is 7. The Kier molecular flexibility index (Phi) is 8.07. The molecule has 5 rings (SSSR count). The molecule has 0 atom stereocenters. The number of nitrogens with zero attached hydrogens (tertiary/aromatic N) is 1. The molecule has 0 saturated carbocycles. The number of rotatable bonds is 9. The van der Waals surface area contributed by atoms with Gasteiger partial charge in [0, 0.05) is 21.8 Å². The van der Waals surface area contributed by atoms with E-state index in [0.717, 1.165) is 22.2 Å². The summed E-state index contributed by atoms with van der Waals surface area (Å²) in [4.78, 5) is 42.3. The summed E-state index contributed by atoms with van der Waals surface area (Å²) < 4.78 is 10.4. The van der Waals surface area contributed by atoms with Gasteiger partial charge in [0.1, 0.15) is 22.1 Å². The number of nitrogens with one attached hydrogen (secondary N) is 2. The number of carbonyl (C=O) groups is 3. The van der Waals surface area contributed by atoms with Crippen molar-refractivity contribution in [2.75, 3.05) is 29.8 Å². The minimum absolute atomic E-state index is 0.172. The minimum Gasteiger partial charge on any atom is -0.497 e. The molecule has 0 bridgehead atoms. The van der Waals surface area contributed by atoms with E-state index in [-0.39, 0.29) is 16.5 Å². The van der Waals surface area contributed by atoms with E-state index in [9.17, 15) is 14.4 Å². The highest BCUT2D eigenvalue weighted by atomic mass is 32.2. The number of hydrogen-bond donors (Lipinski definition) is 2. The third kappa shape index (κ3) is 6.10. The third-order valence-corrected chi connectivity index (χ3v) is 7.41. The first-order chi connectivity index (χ1) is 19.9. The van der Waals surface area contributed by atoms with Gasteiger partial charge in [-0.3, -0.25) is 14.4 Å². The van der Waals surface area contributed by atoms with E-state index in [0.29, 0.717) is 39.0 Å². The van der Waals surface area contributed by atoms with E-state index in [1.807, 2.05) is 37.3 Å². The number of thioether (sulfide) groups is 1. The lowest BCUT2D eigenvalue weighted by atomic mass is 10.2. The largest absolute Gasteiger partial charge is 0.497 e. The first-order valence-electron chi connectivity index (χ1n) is 12.7. The van der Waals surface area contributed by atoms with Crippen molar-refractivity contribution < 1.29 is 23.9 Å². The number of ether oxygens (including phenoxy) is 2. The first-order valence-corrected chi connectivity index (χ1v) is 13.5. The van der Waals surface area contributed by atoms with Crippen molar-refractivity contribution >= 4 is 46.5 Å². The molecule has 0 saturated heterocycles. The van der Waals surface area contributed by atoms with Crippen molar-refractivity contribution in [1.82, 2.24) is 0 Å². The summed E-state index contributed by atoms with van der Waals surface area (Å²) in [5, 5.41) is 6.04. The lowest BCUT2D eigenvalue weighted by Crippen LogP contribution is -2.32. The Bertz CT molecular complexity index is 1650. The quantitative estimate of drug-likeness (QED) is 0.232. The van der Waals surface area contributed by atoms with Gasteiger partial charge in [0.25, 0.3) is 17.7 Å². The fourth-order valence-corrected chi connectivity index (χ4v) is 5.17. The Hall–Kier alpha value is -5.02. The summed E-state index contributed by atoms with van der Waals surface area (Å²) in [6, 6.07) is 28.2. The molecule has 0 radical (unpaired) electrons. The second-order valence-corrected chi connectivity index (χ2v) is 10.2. The average molecular weight is 566 g/mol. The summed E-state index contributed by atoms with van der Waals surface area (Å²) in [7, 11) is 3.09. The van der Waals surface area contributed by atoms with Crippen LogP contribution in [0.5, 0.6) is 11.5 Å². The Morgan fingerprint density at radius 2 is 1.46 bits per heavy atom. The second kappa shape index (κ2) is 12.0. The smallest absolute Gasteiger partial charge is 0.283 e. The molecule has 41 heavy (non-hydrogen) atoms. The molecule has 3 amide bonds. The summed E-state index contributed by atoms with van der Waals surface area (Å²) in [5.74, 6) is -0.0318. The number of benzene rings is 4. The summed E-state index contributed by atoms with van der Waals surface area (Å²) in [6.07, 6.45) is 0. The van der Waals surface area contributed by atoms with Crippen molar-refractivity contribution in [1.29, 1.82) is 0 Å². The maximum atomic E-state index is 13.7. The molecule has 2 N–H and O–H groups in total. The average Bonchev–Trinajstić information content (AvgIpc) is 3.22.